The van der Waals surface area contributed by atoms with Gasteiger partial charge in [-0.1, -0.05) is 60.7 Å². The topological polar surface area (TPSA) is 44.7 Å². The Morgan fingerprint density at radius 3 is 1.09 bits per heavy atom. The third-order valence-electron chi connectivity index (χ3n) is 11.3. The number of hydrogen-bond donors (Lipinski definition) is 0. The second-order valence-electron chi connectivity index (χ2n) is 19.6. The minimum absolute atomic E-state index is 0.906. The molecular weight excluding hydrogens is 777 g/mol. The molecule has 2 aromatic heterocycles. The van der Waals surface area contributed by atoms with Crippen molar-refractivity contribution in [3.63, 3.8) is 0 Å². The second-order valence-corrected chi connectivity index (χ2v) is 37.8. The number of furan rings is 2. The fourth-order valence-electron chi connectivity index (χ4n) is 9.24. The molecule has 300 valence electrons. The van der Waals surface area contributed by atoms with E-state index < -0.39 is 33.3 Å². The summed E-state index contributed by atoms with van der Waals surface area (Å²) >= 11 is 0. The van der Waals surface area contributed by atoms with Crippen molar-refractivity contribution in [2.24, 2.45) is 0 Å². The molecular formula is C50H60O4Si4. The van der Waals surface area contributed by atoms with E-state index in [-0.39, 0.29) is 0 Å². The Kier molecular flexibility index (Phi) is 10.9. The van der Waals surface area contributed by atoms with Crippen molar-refractivity contribution in [2.75, 3.05) is 0 Å². The van der Waals surface area contributed by atoms with Crippen molar-refractivity contribution in [1.82, 2.24) is 0 Å². The van der Waals surface area contributed by atoms with E-state index >= 15 is 0 Å². The van der Waals surface area contributed by atoms with Crippen LogP contribution in [0.5, 0.6) is 0 Å². The van der Waals surface area contributed by atoms with Gasteiger partial charge in [-0.25, -0.2) is 0 Å². The van der Waals surface area contributed by atoms with Crippen LogP contribution in [0.2, 0.25) is 77.6 Å². The molecule has 0 bridgehead atoms. The van der Waals surface area contributed by atoms with Gasteiger partial charge in [0.25, 0.3) is 0 Å². The van der Waals surface area contributed by atoms with Crippen LogP contribution in [0.25, 0.3) is 76.9 Å². The van der Waals surface area contributed by atoms with Crippen LogP contribution in [0.1, 0.15) is 24.0 Å². The van der Waals surface area contributed by atoms with Gasteiger partial charge in [0.2, 0.25) is 0 Å². The largest absolute Gasteiger partial charge is 0.456 e. The first kappa shape index (κ1) is 40.7. The molecule has 0 saturated heterocycles. The molecule has 0 unspecified atom stereocenters. The predicted molar refractivity (Wildman–Crippen MR) is 259 cm³/mol. The monoisotopic (exact) mass is 836 g/mol. The molecule has 0 aliphatic rings. The van der Waals surface area contributed by atoms with Crippen molar-refractivity contribution in [1.29, 1.82) is 0 Å². The zero-order valence-corrected chi connectivity index (χ0v) is 40.3. The fourth-order valence-corrected chi connectivity index (χ4v) is 25.4. The average Bonchev–Trinajstić information content (AvgIpc) is 3.71. The third kappa shape index (κ3) is 9.07. The quantitative estimate of drug-likeness (QED) is 0.102. The molecule has 6 aromatic carbocycles. The van der Waals surface area contributed by atoms with E-state index in [1.54, 1.807) is 0 Å². The Labute approximate surface area is 349 Å². The van der Waals surface area contributed by atoms with Crippen molar-refractivity contribution in [3.8, 4) is 22.3 Å². The highest BCUT2D eigenvalue weighted by Crippen LogP contribution is 2.42. The lowest BCUT2D eigenvalue weighted by Gasteiger charge is -2.31. The average molecular weight is 837 g/mol. The molecule has 0 atom stereocenters. The summed E-state index contributed by atoms with van der Waals surface area (Å²) in [4.78, 5) is 0. The fraction of sp³-hybridized carbons (Fsp3) is 0.320. The Bertz CT molecular complexity index is 2550. The minimum Gasteiger partial charge on any atom is -0.456 e. The molecule has 8 rings (SSSR count). The molecule has 58 heavy (non-hydrogen) atoms. The van der Waals surface area contributed by atoms with Gasteiger partial charge < -0.3 is 17.1 Å². The lowest BCUT2D eigenvalue weighted by Crippen LogP contribution is -2.42. The highest BCUT2D eigenvalue weighted by Gasteiger charge is 2.30. The molecule has 0 spiro atoms. The summed E-state index contributed by atoms with van der Waals surface area (Å²) in [6.45, 7) is 23.3. The SMILES string of the molecule is C[Si](C)(C)O[Si](C)(C)CCCc1ccc(-c2ccc3c(c2)oc2ccc4c(ccc5oc6cc(-c7ccc(CCC[Si](C)(C)O[Si](C)(C)C)cc7)ccc6c54)c23)cc1. The highest BCUT2D eigenvalue weighted by molar-refractivity contribution is 6.84. The van der Waals surface area contributed by atoms with Crippen LogP contribution in [0.15, 0.2) is 118 Å². The Morgan fingerprint density at radius 2 is 0.724 bits per heavy atom. The molecule has 0 amide bonds. The lowest BCUT2D eigenvalue weighted by molar-refractivity contribution is 0.542. The molecule has 0 N–H and O–H groups in total. The van der Waals surface area contributed by atoms with Crippen LogP contribution in [-0.2, 0) is 21.1 Å². The summed E-state index contributed by atoms with van der Waals surface area (Å²) in [5, 5.41) is 6.95. The smallest absolute Gasteiger partial charge is 0.173 e. The highest BCUT2D eigenvalue weighted by atomic mass is 28.4. The van der Waals surface area contributed by atoms with Gasteiger partial charge in [0.05, 0.1) is 0 Å². The van der Waals surface area contributed by atoms with Crippen LogP contribution in [0.3, 0.4) is 0 Å². The summed E-state index contributed by atoms with van der Waals surface area (Å²) in [6.07, 6.45) is 4.53. The number of aryl methyl sites for hydroxylation is 2. The van der Waals surface area contributed by atoms with Crippen LogP contribution in [0.4, 0.5) is 0 Å². The first-order valence-electron chi connectivity index (χ1n) is 21.2. The van der Waals surface area contributed by atoms with Gasteiger partial charge in [-0.2, -0.15) is 0 Å². The molecule has 8 heteroatoms. The first-order chi connectivity index (χ1) is 27.4. The molecule has 0 fully saturated rings. The molecule has 2 heterocycles. The maximum atomic E-state index is 6.56. The summed E-state index contributed by atoms with van der Waals surface area (Å²) in [5.74, 6) is 0. The van der Waals surface area contributed by atoms with Gasteiger partial charge in [0.1, 0.15) is 22.3 Å². The lowest BCUT2D eigenvalue weighted by atomic mass is 9.97. The van der Waals surface area contributed by atoms with Gasteiger partial charge in [-0.15, -0.1) is 0 Å². The number of benzene rings is 6. The van der Waals surface area contributed by atoms with E-state index in [0.717, 1.165) is 56.7 Å². The van der Waals surface area contributed by atoms with Crippen LogP contribution in [0, 0.1) is 0 Å². The molecule has 0 aliphatic heterocycles. The normalized spacial score (nSPS) is 13.2. The summed E-state index contributed by atoms with van der Waals surface area (Å²) in [5.41, 5.74) is 11.2. The molecule has 0 saturated carbocycles. The van der Waals surface area contributed by atoms with Gasteiger partial charge in [-0.05, 0) is 196 Å². The summed E-state index contributed by atoms with van der Waals surface area (Å²) < 4.78 is 26.2. The van der Waals surface area contributed by atoms with Crippen LogP contribution in [-0.4, -0.2) is 33.3 Å². The van der Waals surface area contributed by atoms with Crippen LogP contribution < -0.4 is 0 Å². The molecule has 0 radical (unpaired) electrons. The van der Waals surface area contributed by atoms with E-state index in [1.165, 1.54) is 69.1 Å². The summed E-state index contributed by atoms with van der Waals surface area (Å²) in [6, 6.07) is 42.6. The van der Waals surface area contributed by atoms with E-state index in [1.807, 2.05) is 0 Å². The maximum Gasteiger partial charge on any atom is 0.173 e. The van der Waals surface area contributed by atoms with Gasteiger partial charge in [0.15, 0.2) is 33.3 Å². The van der Waals surface area contributed by atoms with Crippen molar-refractivity contribution < 1.29 is 17.1 Å². The van der Waals surface area contributed by atoms with Crippen molar-refractivity contribution in [3.05, 3.63) is 120 Å². The first-order valence-corrected chi connectivity index (χ1v) is 34.3. The minimum atomic E-state index is -1.62. The molecule has 4 nitrogen and oxygen atoms in total. The predicted octanol–water partition coefficient (Wildman–Crippen LogP) is 16.0. The molecule has 8 aromatic rings. The Hall–Kier alpha value is -4.03. The van der Waals surface area contributed by atoms with Crippen LogP contribution >= 0.6 is 0 Å². The zero-order valence-electron chi connectivity index (χ0n) is 36.3. The Morgan fingerprint density at radius 1 is 0.379 bits per heavy atom. The van der Waals surface area contributed by atoms with Gasteiger partial charge in [-0.3, -0.25) is 0 Å². The number of rotatable bonds is 14. The van der Waals surface area contributed by atoms with E-state index in [2.05, 4.69) is 175 Å². The molecule has 0 aliphatic carbocycles. The number of fused-ring (bicyclic) bond motifs is 9. The summed E-state index contributed by atoms with van der Waals surface area (Å²) in [7, 11) is -6.24. The van der Waals surface area contributed by atoms with Crippen molar-refractivity contribution in [2.45, 2.75) is 103 Å². The van der Waals surface area contributed by atoms with Crippen molar-refractivity contribution >= 4 is 87.9 Å². The van der Waals surface area contributed by atoms with Gasteiger partial charge in [0, 0.05) is 21.5 Å². The van der Waals surface area contributed by atoms with E-state index in [9.17, 15) is 0 Å². The number of hydrogen-bond acceptors (Lipinski definition) is 4. The zero-order chi connectivity index (χ0) is 41.0. The second kappa shape index (κ2) is 15.5. The van der Waals surface area contributed by atoms with Gasteiger partial charge >= 0.3 is 0 Å². The standard InChI is InChI=1S/C50H60O4Si4/c1-55(2,3)53-57(7,8)31-11-13-35-15-19-37(20-16-35)39-23-25-43-47(33-39)51-45-29-27-42-41(49(43)45)28-30-46-50(42)44-26-24-40(34-48(44)52-46)38-21-17-36(18-22-38)14-12-32-58(9,10)54-56(4,5)6/h15-30,33-34H,11-14,31-32H2,1-10H3. The maximum absolute atomic E-state index is 6.56. The van der Waals surface area contributed by atoms with E-state index in [0.29, 0.717) is 0 Å². The Balaban J connectivity index is 1.01. The third-order valence-corrected chi connectivity index (χ3v) is 23.7. The van der Waals surface area contributed by atoms with E-state index in [4.69, 9.17) is 17.1 Å².